The van der Waals surface area contributed by atoms with E-state index in [1.54, 1.807) is 37.3 Å². The number of sulfone groups is 1. The predicted molar refractivity (Wildman–Crippen MR) is 138 cm³/mol. The smallest absolute Gasteiger partial charge is 0.318 e. The third-order valence-corrected chi connectivity index (χ3v) is 7.51. The molecule has 1 saturated heterocycles. The highest BCUT2D eigenvalue weighted by Crippen LogP contribution is 2.20. The Bertz CT molecular complexity index is 1220. The number of rotatable bonds is 10. The van der Waals surface area contributed by atoms with E-state index in [1.165, 1.54) is 4.90 Å². The van der Waals surface area contributed by atoms with E-state index in [-0.39, 0.29) is 23.9 Å². The third kappa shape index (κ3) is 8.09. The molecule has 12 nitrogen and oxygen atoms in total. The topological polar surface area (TPSA) is 161 Å². The molecule has 3 amide bonds. The van der Waals surface area contributed by atoms with Crippen molar-refractivity contribution in [3.63, 3.8) is 0 Å². The van der Waals surface area contributed by atoms with Crippen LogP contribution in [-0.2, 0) is 30.5 Å². The van der Waals surface area contributed by atoms with Gasteiger partial charge in [-0.25, -0.2) is 13.2 Å². The summed E-state index contributed by atoms with van der Waals surface area (Å²) in [5, 5.41) is 8.86. The molecule has 0 radical (unpaired) electrons. The van der Waals surface area contributed by atoms with Crippen LogP contribution >= 0.6 is 0 Å². The van der Waals surface area contributed by atoms with Gasteiger partial charge in [0.25, 0.3) is 0 Å². The predicted octanol–water partition coefficient (Wildman–Crippen LogP) is 1.47. The van der Waals surface area contributed by atoms with Crippen molar-refractivity contribution in [1.82, 2.24) is 25.7 Å². The second-order valence-electron chi connectivity index (χ2n) is 10.1. The molecular weight excluding hydrogens is 514 g/mol. The number of urea groups is 1. The van der Waals surface area contributed by atoms with Gasteiger partial charge in [0.05, 0.1) is 30.8 Å². The monoisotopic (exact) mass is 549 g/mol. The first kappa shape index (κ1) is 29.2. The summed E-state index contributed by atoms with van der Waals surface area (Å²) in [7, 11) is -3.83. The van der Waals surface area contributed by atoms with Gasteiger partial charge >= 0.3 is 6.03 Å². The van der Waals surface area contributed by atoms with Gasteiger partial charge in [-0.1, -0.05) is 63.2 Å². The van der Waals surface area contributed by atoms with Crippen molar-refractivity contribution in [3.8, 4) is 0 Å². The Hall–Kier alpha value is -3.32. The van der Waals surface area contributed by atoms with Crippen LogP contribution in [0.1, 0.15) is 56.2 Å². The van der Waals surface area contributed by atoms with Gasteiger partial charge < -0.3 is 24.8 Å². The molecule has 208 valence electrons. The van der Waals surface area contributed by atoms with E-state index in [0.29, 0.717) is 31.9 Å². The third-order valence-electron chi connectivity index (χ3n) is 5.89. The Morgan fingerprint density at radius 1 is 1.05 bits per heavy atom. The molecule has 2 heterocycles. The fourth-order valence-corrected chi connectivity index (χ4v) is 5.30. The maximum absolute atomic E-state index is 13.3. The molecule has 2 N–H and O–H groups in total. The van der Waals surface area contributed by atoms with Crippen LogP contribution in [0.4, 0.5) is 4.79 Å². The number of hydrogen-bond acceptors (Lipinski definition) is 9. The van der Waals surface area contributed by atoms with E-state index in [9.17, 15) is 22.8 Å². The molecule has 0 aliphatic carbocycles. The molecule has 2 atom stereocenters. The fourth-order valence-electron chi connectivity index (χ4n) is 3.74. The Morgan fingerprint density at radius 3 is 2.29 bits per heavy atom. The van der Waals surface area contributed by atoms with Crippen molar-refractivity contribution in [2.45, 2.75) is 57.4 Å². The summed E-state index contributed by atoms with van der Waals surface area (Å²) in [5.41, 5.74) is 0.0814. The SMILES string of the molecule is CCC(NC(=O)C(CS(=O)(=O)Cc1ccccc1)NC(=O)N1CCOCC1)C(=O)c1noc(C(C)(C)C)n1. The van der Waals surface area contributed by atoms with Gasteiger partial charge in [-0.2, -0.15) is 4.98 Å². The van der Waals surface area contributed by atoms with Crippen molar-refractivity contribution in [2.75, 3.05) is 32.1 Å². The van der Waals surface area contributed by atoms with Crippen molar-refractivity contribution in [3.05, 3.63) is 47.6 Å². The van der Waals surface area contributed by atoms with Gasteiger partial charge in [-0.15, -0.1) is 0 Å². The molecule has 0 saturated carbocycles. The van der Waals surface area contributed by atoms with Crippen molar-refractivity contribution in [2.24, 2.45) is 0 Å². The largest absolute Gasteiger partial charge is 0.378 e. The fraction of sp³-hybridized carbons (Fsp3) is 0.560. The van der Waals surface area contributed by atoms with Crippen LogP contribution < -0.4 is 10.6 Å². The molecule has 0 bridgehead atoms. The first-order valence-corrected chi connectivity index (χ1v) is 14.3. The Labute approximate surface area is 222 Å². The van der Waals surface area contributed by atoms with E-state index >= 15 is 0 Å². The summed E-state index contributed by atoms with van der Waals surface area (Å²) in [6, 6.07) is 5.47. The molecule has 38 heavy (non-hydrogen) atoms. The molecule has 0 spiro atoms. The lowest BCUT2D eigenvalue weighted by Crippen LogP contribution is -2.57. The number of ether oxygens (including phenoxy) is 1. The Kier molecular flexibility index (Phi) is 9.60. The van der Waals surface area contributed by atoms with Gasteiger partial charge in [0.15, 0.2) is 9.84 Å². The quantitative estimate of drug-likeness (QED) is 0.418. The zero-order valence-electron chi connectivity index (χ0n) is 22.1. The Balaban J connectivity index is 1.78. The molecule has 2 aromatic rings. The molecule has 1 aromatic carbocycles. The van der Waals surface area contributed by atoms with Crippen LogP contribution in [0.25, 0.3) is 0 Å². The zero-order chi connectivity index (χ0) is 27.9. The first-order chi connectivity index (χ1) is 17.9. The highest BCUT2D eigenvalue weighted by atomic mass is 32.2. The number of benzene rings is 1. The van der Waals surface area contributed by atoms with Crippen molar-refractivity contribution < 1.29 is 32.1 Å². The van der Waals surface area contributed by atoms with Crippen LogP contribution in [0.3, 0.4) is 0 Å². The van der Waals surface area contributed by atoms with E-state index < -0.39 is 50.8 Å². The number of amides is 3. The van der Waals surface area contributed by atoms with E-state index in [0.717, 1.165) is 0 Å². The number of hydrogen-bond donors (Lipinski definition) is 2. The minimum Gasteiger partial charge on any atom is -0.378 e. The van der Waals surface area contributed by atoms with Gasteiger partial charge in [-0.3, -0.25) is 9.59 Å². The number of morpholine rings is 1. The standard InChI is InChI=1S/C25H35N5O7S/c1-5-18(20(31)21-28-23(37-29-21)25(2,3)4)26-22(32)19(27-24(33)30-11-13-36-14-12-30)16-38(34,35)15-17-9-7-6-8-10-17/h6-10,18-19H,5,11-16H2,1-4H3,(H,26,32)(H,27,33). The highest BCUT2D eigenvalue weighted by Gasteiger charge is 2.33. The van der Waals surface area contributed by atoms with Gasteiger partial charge in [0, 0.05) is 18.5 Å². The number of nitrogens with zero attached hydrogens (tertiary/aromatic N) is 3. The lowest BCUT2D eigenvalue weighted by molar-refractivity contribution is -0.123. The molecule has 1 aliphatic heterocycles. The number of nitrogens with one attached hydrogen (secondary N) is 2. The molecule has 1 aromatic heterocycles. The summed E-state index contributed by atoms with van der Waals surface area (Å²) >= 11 is 0. The number of aromatic nitrogens is 2. The maximum atomic E-state index is 13.3. The maximum Gasteiger partial charge on any atom is 0.318 e. The molecule has 13 heteroatoms. The summed E-state index contributed by atoms with van der Waals surface area (Å²) < 4.78 is 36.5. The number of Topliss-reactive ketones (excluding diaryl/α,β-unsaturated/α-hetero) is 1. The minimum absolute atomic E-state index is 0.185. The molecule has 1 fully saturated rings. The average Bonchev–Trinajstić information content (AvgIpc) is 3.38. The summed E-state index contributed by atoms with van der Waals surface area (Å²) in [5.74, 6) is -2.25. The van der Waals surface area contributed by atoms with E-state index in [2.05, 4.69) is 20.8 Å². The summed E-state index contributed by atoms with van der Waals surface area (Å²) in [4.78, 5) is 44.8. The van der Waals surface area contributed by atoms with Crippen molar-refractivity contribution in [1.29, 1.82) is 0 Å². The van der Waals surface area contributed by atoms with Crippen LogP contribution in [0.5, 0.6) is 0 Å². The number of carbonyl (C=O) groups is 3. The number of ketones is 1. The van der Waals surface area contributed by atoms with Crippen LogP contribution in [0.2, 0.25) is 0 Å². The highest BCUT2D eigenvalue weighted by molar-refractivity contribution is 7.90. The molecular formula is C25H35N5O7S. The van der Waals surface area contributed by atoms with E-state index in [4.69, 9.17) is 9.26 Å². The molecule has 1 aliphatic rings. The van der Waals surface area contributed by atoms with Crippen LogP contribution in [0, 0.1) is 0 Å². The molecule has 3 rings (SSSR count). The molecule has 2 unspecified atom stereocenters. The second-order valence-corrected chi connectivity index (χ2v) is 12.3. The van der Waals surface area contributed by atoms with Crippen LogP contribution in [-0.4, -0.2) is 85.3 Å². The lowest BCUT2D eigenvalue weighted by atomic mass is 9.97. The minimum atomic E-state index is -3.83. The lowest BCUT2D eigenvalue weighted by Gasteiger charge is -2.29. The van der Waals surface area contributed by atoms with Crippen LogP contribution in [0.15, 0.2) is 34.9 Å². The Morgan fingerprint density at radius 2 is 1.71 bits per heavy atom. The second kappa shape index (κ2) is 12.5. The average molecular weight is 550 g/mol. The summed E-state index contributed by atoms with van der Waals surface area (Å²) in [6.07, 6.45) is 0.185. The van der Waals surface area contributed by atoms with E-state index in [1.807, 2.05) is 20.8 Å². The van der Waals surface area contributed by atoms with Gasteiger partial charge in [0.1, 0.15) is 6.04 Å². The van der Waals surface area contributed by atoms with Gasteiger partial charge in [0.2, 0.25) is 23.4 Å². The van der Waals surface area contributed by atoms with Crippen molar-refractivity contribution >= 4 is 27.6 Å². The number of carbonyl (C=O) groups excluding carboxylic acids is 3. The first-order valence-electron chi connectivity index (χ1n) is 12.5. The zero-order valence-corrected chi connectivity index (χ0v) is 22.9. The summed E-state index contributed by atoms with van der Waals surface area (Å²) in [6.45, 7) is 8.53. The normalized spacial score (nSPS) is 15.9. The van der Waals surface area contributed by atoms with Gasteiger partial charge in [-0.05, 0) is 12.0 Å².